The van der Waals surface area contributed by atoms with Gasteiger partial charge in [0.2, 0.25) is 0 Å². The van der Waals surface area contributed by atoms with Gasteiger partial charge in [0.1, 0.15) is 37.4 Å². The normalized spacial score (nSPS) is 14.8. The summed E-state index contributed by atoms with van der Waals surface area (Å²) in [6, 6.07) is 18.0. The lowest BCUT2D eigenvalue weighted by atomic mass is 9.90. The van der Waals surface area contributed by atoms with Gasteiger partial charge in [0.25, 0.3) is 11.8 Å². The summed E-state index contributed by atoms with van der Waals surface area (Å²) in [6.45, 7) is 30.6. The number of anilines is 2. The Kier molecular flexibility index (Phi) is 17.8. The fourth-order valence-electron chi connectivity index (χ4n) is 8.91. The summed E-state index contributed by atoms with van der Waals surface area (Å²) in [7, 11) is -0.547. The number of rotatable bonds is 18. The number of fused-ring (bicyclic) bond motifs is 2. The first kappa shape index (κ1) is 53.2. The minimum Gasteiger partial charge on any atom is -0.381 e. The van der Waals surface area contributed by atoms with Crippen molar-refractivity contribution in [3.8, 4) is 22.5 Å². The third-order valence-electron chi connectivity index (χ3n) is 13.1. The molecule has 0 spiro atoms. The summed E-state index contributed by atoms with van der Waals surface area (Å²) < 4.78 is 27.7. The average Bonchev–Trinajstić information content (AvgIpc) is 3.93. The second-order valence-electron chi connectivity index (χ2n) is 21.4. The number of likely N-dealkylation sites (N-methyl/N-ethyl adjacent to an activating group) is 1. The molecule has 4 aromatic heterocycles. The molecule has 0 unspecified atom stereocenters. The number of carbonyl (C=O) groups is 2. The van der Waals surface area contributed by atoms with Crippen molar-refractivity contribution in [2.24, 2.45) is 0 Å². The fourth-order valence-corrected chi connectivity index (χ4v) is 10.4. The molecule has 16 heteroatoms. The maximum absolute atomic E-state index is 12.5. The van der Waals surface area contributed by atoms with Crippen molar-refractivity contribution in [1.82, 2.24) is 29.1 Å². The highest BCUT2D eigenvalue weighted by Crippen LogP contribution is 2.40. The SMILES string of the molecule is C=C(C)C(=O)N(C)c1cccc(-c2ncnc3c2c(C2CCOCC2)cn3COCC[Si](C)(C)C)c1.C=C(C)C(=O)Nc1cccc(-c2ncnc3c2c(C2CCOCC2)cn3COCC[Si](C)(C)C)c1. The van der Waals surface area contributed by atoms with Crippen LogP contribution >= 0.6 is 0 Å². The highest BCUT2D eigenvalue weighted by atomic mass is 28.3. The van der Waals surface area contributed by atoms with Crippen LogP contribution in [0.4, 0.5) is 11.4 Å². The summed E-state index contributed by atoms with van der Waals surface area (Å²) in [4.78, 5) is 45.1. The van der Waals surface area contributed by atoms with Gasteiger partial charge in [-0.3, -0.25) is 9.59 Å². The molecule has 6 heterocycles. The van der Waals surface area contributed by atoms with Crippen LogP contribution in [0.5, 0.6) is 0 Å². The predicted molar refractivity (Wildman–Crippen MR) is 291 cm³/mol. The Bertz CT molecular complexity index is 2830. The van der Waals surface area contributed by atoms with Crippen LogP contribution in [0.2, 0.25) is 51.4 Å². The van der Waals surface area contributed by atoms with Crippen LogP contribution in [-0.4, -0.2) is 104 Å². The Balaban J connectivity index is 0.000000209. The molecule has 1 N–H and O–H groups in total. The van der Waals surface area contributed by atoms with Crippen molar-refractivity contribution in [2.75, 3.05) is 56.9 Å². The molecule has 71 heavy (non-hydrogen) atoms. The third-order valence-corrected chi connectivity index (χ3v) is 16.5. The molecule has 378 valence electrons. The van der Waals surface area contributed by atoms with Crippen molar-refractivity contribution in [3.63, 3.8) is 0 Å². The van der Waals surface area contributed by atoms with Gasteiger partial charge in [-0.05, 0) is 98.8 Å². The summed E-state index contributed by atoms with van der Waals surface area (Å²) in [5, 5.41) is 5.02. The van der Waals surface area contributed by atoms with Crippen molar-refractivity contribution in [3.05, 3.63) is 109 Å². The molecule has 2 aromatic carbocycles. The van der Waals surface area contributed by atoms with Gasteiger partial charge in [0.05, 0.1) is 11.4 Å². The Morgan fingerprint density at radius 1 is 0.690 bits per heavy atom. The predicted octanol–water partition coefficient (Wildman–Crippen LogP) is 11.7. The number of hydrogen-bond donors (Lipinski definition) is 1. The van der Waals surface area contributed by atoms with Gasteiger partial charge in [-0.1, -0.05) is 76.7 Å². The summed E-state index contributed by atoms with van der Waals surface area (Å²) in [6.07, 6.45) is 11.5. The maximum Gasteiger partial charge on any atom is 0.253 e. The van der Waals surface area contributed by atoms with Crippen LogP contribution < -0.4 is 10.2 Å². The van der Waals surface area contributed by atoms with Crippen LogP contribution in [0.25, 0.3) is 44.6 Å². The molecular formula is C55H74N8O6Si2. The van der Waals surface area contributed by atoms with E-state index in [2.05, 4.69) is 84.3 Å². The minimum atomic E-state index is -1.16. The minimum absolute atomic E-state index is 0.107. The van der Waals surface area contributed by atoms with Crippen molar-refractivity contribution in [1.29, 1.82) is 0 Å². The summed E-state index contributed by atoms with van der Waals surface area (Å²) >= 11 is 0. The largest absolute Gasteiger partial charge is 0.381 e. The molecule has 0 aliphatic carbocycles. The third kappa shape index (κ3) is 13.9. The Morgan fingerprint density at radius 3 is 1.61 bits per heavy atom. The molecule has 0 bridgehead atoms. The molecule has 2 saturated heterocycles. The Morgan fingerprint density at radius 2 is 1.15 bits per heavy atom. The monoisotopic (exact) mass is 999 g/mol. The van der Waals surface area contributed by atoms with Gasteiger partial charge in [0.15, 0.2) is 0 Å². The number of carbonyl (C=O) groups excluding carboxylic acids is 2. The van der Waals surface area contributed by atoms with Crippen molar-refractivity contribution < 1.29 is 28.5 Å². The molecule has 2 aliphatic rings. The molecule has 2 fully saturated rings. The molecule has 2 amide bonds. The number of ether oxygens (including phenoxy) is 4. The quantitative estimate of drug-likeness (QED) is 0.0501. The van der Waals surface area contributed by atoms with Gasteiger partial charge in [-0.2, -0.15) is 0 Å². The summed E-state index contributed by atoms with van der Waals surface area (Å²) in [5.74, 6) is 0.458. The van der Waals surface area contributed by atoms with E-state index in [1.165, 1.54) is 11.1 Å². The number of benzene rings is 2. The van der Waals surface area contributed by atoms with E-state index >= 15 is 0 Å². The molecule has 8 rings (SSSR count). The van der Waals surface area contributed by atoms with Crippen molar-refractivity contribution >= 4 is 61.4 Å². The van der Waals surface area contributed by atoms with E-state index in [0.717, 1.165) is 128 Å². The van der Waals surface area contributed by atoms with Crippen LogP contribution in [0.1, 0.15) is 62.5 Å². The molecule has 0 radical (unpaired) electrons. The van der Waals surface area contributed by atoms with Crippen molar-refractivity contribution in [2.45, 2.75) is 116 Å². The second kappa shape index (κ2) is 23.7. The zero-order valence-electron chi connectivity index (χ0n) is 43.5. The number of aromatic nitrogens is 6. The van der Waals surface area contributed by atoms with Crippen LogP contribution in [-0.2, 0) is 42.0 Å². The van der Waals surface area contributed by atoms with E-state index in [1.807, 2.05) is 48.5 Å². The van der Waals surface area contributed by atoms with Crippen LogP contribution in [0, 0.1) is 0 Å². The average molecular weight is 999 g/mol. The van der Waals surface area contributed by atoms with E-state index in [0.29, 0.717) is 42.1 Å². The van der Waals surface area contributed by atoms with E-state index in [1.54, 1.807) is 38.4 Å². The molecule has 6 aromatic rings. The smallest absolute Gasteiger partial charge is 0.253 e. The lowest BCUT2D eigenvalue weighted by Crippen LogP contribution is -2.26. The lowest BCUT2D eigenvalue weighted by Gasteiger charge is -2.22. The number of amides is 2. The fraction of sp³-hybridized carbons (Fsp3) is 0.455. The first-order valence-corrected chi connectivity index (χ1v) is 32.4. The van der Waals surface area contributed by atoms with E-state index in [4.69, 9.17) is 33.9 Å². The highest BCUT2D eigenvalue weighted by Gasteiger charge is 2.27. The zero-order valence-corrected chi connectivity index (χ0v) is 45.5. The van der Waals surface area contributed by atoms with E-state index in [9.17, 15) is 9.59 Å². The molecule has 0 saturated carbocycles. The summed E-state index contributed by atoms with van der Waals surface area (Å²) in [5.41, 5.74) is 10.3. The Labute approximate surface area is 421 Å². The Hall–Kier alpha value is -5.63. The highest BCUT2D eigenvalue weighted by molar-refractivity contribution is 6.76. The van der Waals surface area contributed by atoms with Gasteiger partial charge >= 0.3 is 0 Å². The lowest BCUT2D eigenvalue weighted by molar-refractivity contribution is -0.115. The molecule has 14 nitrogen and oxygen atoms in total. The molecule has 2 aliphatic heterocycles. The first-order valence-electron chi connectivity index (χ1n) is 25.0. The van der Waals surface area contributed by atoms with Gasteiger partial charge in [-0.15, -0.1) is 0 Å². The number of nitrogens with one attached hydrogen (secondary N) is 1. The van der Waals surface area contributed by atoms with E-state index in [-0.39, 0.29) is 11.8 Å². The zero-order chi connectivity index (χ0) is 50.9. The van der Waals surface area contributed by atoms with Crippen LogP contribution in [0.15, 0.2) is 97.9 Å². The first-order chi connectivity index (χ1) is 33.9. The standard InChI is InChI=1S/C28H38N4O3Si.C27H36N4O3Si/c1-20(2)28(33)31(3)23-9-7-8-22(16-23)26-25-24(21-10-12-34-13-11-21)17-32(27(25)30-18-29-26)19-35-14-15-36(4,5)6;1-19(2)27(32)30-22-8-6-7-21(15-22)25-24-23(20-9-11-33-12-10-20)16-31(26(24)29-17-28-25)18-34-13-14-35(3,4)5/h7-9,16-18,21H,1,10-15,19H2,2-6H3;6-8,15-17,20H,1,9-14,18H2,2-5H3,(H,30,32). The van der Waals surface area contributed by atoms with Gasteiger partial charge in [-0.25, -0.2) is 19.9 Å². The number of nitrogens with zero attached hydrogens (tertiary/aromatic N) is 7. The van der Waals surface area contributed by atoms with Gasteiger partial charge < -0.3 is 38.3 Å². The maximum atomic E-state index is 12.5. The molecular weight excluding hydrogens is 925 g/mol. The molecule has 0 atom stereocenters. The number of hydrogen-bond acceptors (Lipinski definition) is 10. The second-order valence-corrected chi connectivity index (χ2v) is 32.7. The van der Waals surface area contributed by atoms with Crippen LogP contribution in [0.3, 0.4) is 0 Å². The van der Waals surface area contributed by atoms with E-state index < -0.39 is 16.1 Å². The topological polar surface area (TPSA) is 148 Å². The van der Waals surface area contributed by atoms with Gasteiger partial charge in [0, 0.05) is 120 Å².